The van der Waals surface area contributed by atoms with Crippen molar-refractivity contribution in [1.82, 2.24) is 5.32 Å². The van der Waals surface area contributed by atoms with Crippen molar-refractivity contribution >= 4 is 0 Å². The van der Waals surface area contributed by atoms with Crippen molar-refractivity contribution in [1.29, 1.82) is 0 Å². The first kappa shape index (κ1) is 6.09. The van der Waals surface area contributed by atoms with Gasteiger partial charge in [-0.25, -0.2) is 0 Å². The van der Waals surface area contributed by atoms with E-state index in [-0.39, 0.29) is 0 Å². The van der Waals surface area contributed by atoms with E-state index in [2.05, 4.69) is 12.2 Å². The minimum Gasteiger partial charge on any atom is -0.316 e. The SMILES string of the molecule is CCCC1CCNC1. The lowest BCUT2D eigenvalue weighted by atomic mass is 10.0. The monoisotopic (exact) mass is 113 g/mol. The highest BCUT2D eigenvalue weighted by Gasteiger charge is 2.11. The minimum atomic E-state index is 1.000. The third kappa shape index (κ3) is 1.48. The molecule has 1 aliphatic rings. The van der Waals surface area contributed by atoms with Gasteiger partial charge in [-0.1, -0.05) is 13.3 Å². The van der Waals surface area contributed by atoms with Crippen LogP contribution in [0.2, 0.25) is 0 Å². The normalized spacial score (nSPS) is 28.9. The van der Waals surface area contributed by atoms with Crippen molar-refractivity contribution in [3.8, 4) is 0 Å². The Balaban J connectivity index is 2.06. The zero-order valence-electron chi connectivity index (χ0n) is 5.61. The van der Waals surface area contributed by atoms with E-state index < -0.39 is 0 Å². The molecule has 1 N–H and O–H groups in total. The van der Waals surface area contributed by atoms with Crippen LogP contribution in [-0.4, -0.2) is 13.1 Å². The molecule has 0 aromatic carbocycles. The molecule has 0 saturated carbocycles. The number of nitrogens with one attached hydrogen (secondary N) is 1. The summed E-state index contributed by atoms with van der Waals surface area (Å²) in [7, 11) is 0. The van der Waals surface area contributed by atoms with Gasteiger partial charge in [0.05, 0.1) is 0 Å². The Bertz CT molecular complexity index is 55.4. The quantitative estimate of drug-likeness (QED) is 0.570. The van der Waals surface area contributed by atoms with Crippen LogP contribution in [0.15, 0.2) is 0 Å². The van der Waals surface area contributed by atoms with E-state index in [9.17, 15) is 0 Å². The molecular weight excluding hydrogens is 98.1 g/mol. The summed E-state index contributed by atoms with van der Waals surface area (Å²) in [4.78, 5) is 0. The highest BCUT2D eigenvalue weighted by atomic mass is 14.9. The van der Waals surface area contributed by atoms with Gasteiger partial charge in [0.1, 0.15) is 0 Å². The first-order valence-electron chi connectivity index (χ1n) is 3.64. The van der Waals surface area contributed by atoms with Gasteiger partial charge in [-0.15, -0.1) is 0 Å². The summed E-state index contributed by atoms with van der Waals surface area (Å²) in [6, 6.07) is 0. The third-order valence-corrected chi connectivity index (χ3v) is 1.86. The second kappa shape index (κ2) is 3.08. The zero-order valence-corrected chi connectivity index (χ0v) is 5.61. The predicted octanol–water partition coefficient (Wildman–Crippen LogP) is 1.40. The molecular formula is C7H15N. The molecule has 0 spiro atoms. The van der Waals surface area contributed by atoms with Crippen molar-refractivity contribution in [3.63, 3.8) is 0 Å². The summed E-state index contributed by atoms with van der Waals surface area (Å²) >= 11 is 0. The smallest absolute Gasteiger partial charge is 0.00200 e. The van der Waals surface area contributed by atoms with Gasteiger partial charge in [0.15, 0.2) is 0 Å². The fraction of sp³-hybridized carbons (Fsp3) is 1.00. The van der Waals surface area contributed by atoms with Gasteiger partial charge >= 0.3 is 0 Å². The first-order chi connectivity index (χ1) is 3.93. The van der Waals surface area contributed by atoms with Crippen molar-refractivity contribution in [2.24, 2.45) is 5.92 Å². The number of rotatable bonds is 2. The van der Waals surface area contributed by atoms with Gasteiger partial charge in [0, 0.05) is 0 Å². The van der Waals surface area contributed by atoms with Gasteiger partial charge in [-0.3, -0.25) is 0 Å². The third-order valence-electron chi connectivity index (χ3n) is 1.86. The Hall–Kier alpha value is -0.0400. The molecule has 0 amide bonds. The molecule has 0 aliphatic carbocycles. The molecule has 1 atom stereocenters. The van der Waals surface area contributed by atoms with Crippen LogP contribution in [0.25, 0.3) is 0 Å². The second-order valence-electron chi connectivity index (χ2n) is 2.65. The Morgan fingerprint density at radius 3 is 3.00 bits per heavy atom. The summed E-state index contributed by atoms with van der Waals surface area (Å²) in [6.07, 6.45) is 4.19. The lowest BCUT2D eigenvalue weighted by Crippen LogP contribution is -2.08. The van der Waals surface area contributed by atoms with Gasteiger partial charge in [-0.05, 0) is 31.8 Å². The first-order valence-corrected chi connectivity index (χ1v) is 3.64. The lowest BCUT2D eigenvalue weighted by molar-refractivity contribution is 0.525. The maximum absolute atomic E-state index is 3.36. The van der Waals surface area contributed by atoms with Crippen molar-refractivity contribution < 1.29 is 0 Å². The Labute approximate surface area is 51.5 Å². The molecule has 1 heterocycles. The summed E-state index contributed by atoms with van der Waals surface area (Å²) in [6.45, 7) is 4.79. The summed E-state index contributed by atoms with van der Waals surface area (Å²) in [5.74, 6) is 1.000. The standard InChI is InChI=1S/C7H15N/c1-2-3-7-4-5-8-6-7/h7-8H,2-6H2,1H3. The van der Waals surface area contributed by atoms with Crippen LogP contribution in [0.4, 0.5) is 0 Å². The molecule has 1 fully saturated rings. The van der Waals surface area contributed by atoms with Crippen LogP contribution >= 0.6 is 0 Å². The molecule has 1 aliphatic heterocycles. The molecule has 1 nitrogen and oxygen atoms in total. The maximum Gasteiger partial charge on any atom is -0.00200 e. The van der Waals surface area contributed by atoms with Crippen LogP contribution in [-0.2, 0) is 0 Å². The van der Waals surface area contributed by atoms with Crippen LogP contribution < -0.4 is 5.32 Å². The average molecular weight is 113 g/mol. The Morgan fingerprint density at radius 1 is 1.62 bits per heavy atom. The highest BCUT2D eigenvalue weighted by molar-refractivity contribution is 4.69. The van der Waals surface area contributed by atoms with Crippen LogP contribution in [0.3, 0.4) is 0 Å². The van der Waals surface area contributed by atoms with E-state index in [0.29, 0.717) is 0 Å². The van der Waals surface area contributed by atoms with E-state index in [1.54, 1.807) is 0 Å². The van der Waals surface area contributed by atoms with Crippen molar-refractivity contribution in [2.75, 3.05) is 13.1 Å². The van der Waals surface area contributed by atoms with Gasteiger partial charge in [0.2, 0.25) is 0 Å². The van der Waals surface area contributed by atoms with Gasteiger partial charge in [-0.2, -0.15) is 0 Å². The molecule has 1 unspecified atom stereocenters. The fourth-order valence-corrected chi connectivity index (χ4v) is 1.37. The van der Waals surface area contributed by atoms with Gasteiger partial charge < -0.3 is 5.32 Å². The van der Waals surface area contributed by atoms with E-state index in [4.69, 9.17) is 0 Å². The van der Waals surface area contributed by atoms with E-state index in [0.717, 1.165) is 5.92 Å². The molecule has 0 aromatic heterocycles. The highest BCUT2D eigenvalue weighted by Crippen LogP contribution is 2.12. The van der Waals surface area contributed by atoms with E-state index in [1.807, 2.05) is 0 Å². The molecule has 1 heteroatoms. The minimum absolute atomic E-state index is 1.000. The predicted molar refractivity (Wildman–Crippen MR) is 35.9 cm³/mol. The lowest BCUT2D eigenvalue weighted by Gasteiger charge is -2.02. The molecule has 1 saturated heterocycles. The van der Waals surface area contributed by atoms with Crippen LogP contribution in [0.5, 0.6) is 0 Å². The number of hydrogen-bond acceptors (Lipinski definition) is 1. The van der Waals surface area contributed by atoms with Crippen molar-refractivity contribution in [3.05, 3.63) is 0 Å². The molecule has 1 rings (SSSR count). The van der Waals surface area contributed by atoms with E-state index in [1.165, 1.54) is 32.4 Å². The topological polar surface area (TPSA) is 12.0 Å². The van der Waals surface area contributed by atoms with E-state index >= 15 is 0 Å². The van der Waals surface area contributed by atoms with Gasteiger partial charge in [0.25, 0.3) is 0 Å². The average Bonchev–Trinajstić information content (AvgIpc) is 2.19. The zero-order chi connectivity index (χ0) is 5.82. The largest absolute Gasteiger partial charge is 0.316 e. The summed E-state index contributed by atoms with van der Waals surface area (Å²) in [5.41, 5.74) is 0. The molecule has 0 bridgehead atoms. The van der Waals surface area contributed by atoms with Crippen LogP contribution in [0.1, 0.15) is 26.2 Å². The second-order valence-corrected chi connectivity index (χ2v) is 2.65. The molecule has 0 radical (unpaired) electrons. The van der Waals surface area contributed by atoms with Crippen molar-refractivity contribution in [2.45, 2.75) is 26.2 Å². The number of hydrogen-bond donors (Lipinski definition) is 1. The summed E-state index contributed by atoms with van der Waals surface area (Å²) < 4.78 is 0. The molecule has 48 valence electrons. The Kier molecular flexibility index (Phi) is 2.34. The Morgan fingerprint density at radius 2 is 2.50 bits per heavy atom. The molecule has 8 heavy (non-hydrogen) atoms. The summed E-state index contributed by atoms with van der Waals surface area (Å²) in [5, 5.41) is 3.36. The fourth-order valence-electron chi connectivity index (χ4n) is 1.37. The van der Waals surface area contributed by atoms with Crippen LogP contribution in [0, 0.1) is 5.92 Å². The molecule has 0 aromatic rings. The maximum atomic E-state index is 3.36.